The van der Waals surface area contributed by atoms with Crippen molar-refractivity contribution in [2.75, 3.05) is 39.8 Å². The molecule has 1 saturated heterocycles. The number of hydrogen-bond acceptors (Lipinski definition) is 5. The van der Waals surface area contributed by atoms with Gasteiger partial charge in [-0.05, 0) is 36.4 Å². The van der Waals surface area contributed by atoms with Crippen molar-refractivity contribution in [2.24, 2.45) is 0 Å². The first-order valence-electron chi connectivity index (χ1n) is 10.9. The van der Waals surface area contributed by atoms with Gasteiger partial charge in [0.2, 0.25) is 0 Å². The molecule has 1 amide bonds. The molecule has 2 heterocycles. The number of hydrogen-bond donors (Lipinski definition) is 0. The molecule has 1 aliphatic heterocycles. The highest BCUT2D eigenvalue weighted by molar-refractivity contribution is 5.94. The average molecular weight is 439 g/mol. The fourth-order valence-corrected chi connectivity index (χ4v) is 4.14. The third kappa shape index (κ3) is 4.36. The van der Waals surface area contributed by atoms with Crippen LogP contribution in [0.1, 0.15) is 23.1 Å². The van der Waals surface area contributed by atoms with E-state index in [0.717, 1.165) is 5.82 Å². The van der Waals surface area contributed by atoms with Crippen LogP contribution in [-0.4, -0.2) is 65.1 Å². The molecule has 1 aromatic heterocycles. The molecule has 168 valence electrons. The van der Waals surface area contributed by atoms with Crippen LogP contribution in [0.4, 0.5) is 4.39 Å². The molecule has 0 atom stereocenters. The zero-order valence-electron chi connectivity index (χ0n) is 18.4. The predicted molar refractivity (Wildman–Crippen MR) is 121 cm³/mol. The lowest BCUT2D eigenvalue weighted by Crippen LogP contribution is -2.49. The van der Waals surface area contributed by atoms with Gasteiger partial charge in [-0.3, -0.25) is 19.1 Å². The quantitative estimate of drug-likeness (QED) is 0.592. The van der Waals surface area contributed by atoms with Crippen molar-refractivity contribution in [2.45, 2.75) is 19.9 Å². The van der Waals surface area contributed by atoms with Crippen LogP contribution in [0.15, 0.2) is 47.3 Å². The maximum absolute atomic E-state index is 13.2. The molecular weight excluding hydrogens is 411 g/mol. The van der Waals surface area contributed by atoms with Crippen molar-refractivity contribution in [1.82, 2.24) is 19.4 Å². The highest BCUT2D eigenvalue weighted by Crippen LogP contribution is 2.21. The minimum atomic E-state index is -0.353. The molecule has 4 rings (SSSR count). The molecular formula is C24H27FN4O3. The number of benzene rings is 2. The first kappa shape index (κ1) is 22.0. The number of piperazine rings is 1. The fraction of sp³-hybridized carbons (Fsp3) is 0.375. The third-order valence-corrected chi connectivity index (χ3v) is 5.95. The van der Waals surface area contributed by atoms with Crippen LogP contribution < -0.4 is 10.3 Å². The molecule has 0 aliphatic carbocycles. The average Bonchev–Trinajstić information content (AvgIpc) is 2.83. The van der Waals surface area contributed by atoms with Crippen molar-refractivity contribution in [1.29, 1.82) is 0 Å². The number of aryl methyl sites for hydroxylation is 1. The molecule has 2 aromatic carbocycles. The topological polar surface area (TPSA) is 67.7 Å². The normalized spacial score (nSPS) is 14.7. The van der Waals surface area contributed by atoms with Crippen LogP contribution in [0, 0.1) is 5.82 Å². The van der Waals surface area contributed by atoms with E-state index in [1.807, 2.05) is 19.1 Å². The van der Waals surface area contributed by atoms with Gasteiger partial charge in [0.05, 0.1) is 12.6 Å². The summed E-state index contributed by atoms with van der Waals surface area (Å²) in [5.41, 5.74) is 1.06. The monoisotopic (exact) mass is 438 g/mol. The molecule has 0 spiro atoms. The van der Waals surface area contributed by atoms with E-state index in [0.29, 0.717) is 67.9 Å². The highest BCUT2D eigenvalue weighted by Gasteiger charge is 2.22. The first-order chi connectivity index (χ1) is 15.5. The number of ether oxygens (including phenoxy) is 1. The summed E-state index contributed by atoms with van der Waals surface area (Å²) in [5, 5.41) is 0.502. The van der Waals surface area contributed by atoms with E-state index in [9.17, 15) is 14.0 Å². The van der Waals surface area contributed by atoms with Gasteiger partial charge in [-0.2, -0.15) is 0 Å². The number of nitrogens with zero attached hydrogens (tertiary/aromatic N) is 4. The smallest absolute Gasteiger partial charge is 0.265 e. The van der Waals surface area contributed by atoms with Crippen molar-refractivity contribution in [3.63, 3.8) is 0 Å². The molecule has 8 heteroatoms. The Morgan fingerprint density at radius 1 is 1.06 bits per heavy atom. The van der Waals surface area contributed by atoms with Gasteiger partial charge >= 0.3 is 0 Å². The first-order valence-corrected chi connectivity index (χ1v) is 10.9. The summed E-state index contributed by atoms with van der Waals surface area (Å²) in [7, 11) is 1.55. The number of fused-ring (bicyclic) bond motifs is 1. The Balaban J connectivity index is 1.43. The van der Waals surface area contributed by atoms with Crippen LogP contribution >= 0.6 is 0 Å². The lowest BCUT2D eigenvalue weighted by molar-refractivity contribution is 0.0632. The van der Waals surface area contributed by atoms with E-state index in [2.05, 4.69) is 9.88 Å². The number of halogens is 1. The van der Waals surface area contributed by atoms with Gasteiger partial charge in [0, 0.05) is 51.3 Å². The fourth-order valence-electron chi connectivity index (χ4n) is 4.14. The van der Waals surface area contributed by atoms with Gasteiger partial charge in [0.15, 0.2) is 0 Å². The molecule has 7 nitrogen and oxygen atoms in total. The van der Waals surface area contributed by atoms with Gasteiger partial charge in [-0.1, -0.05) is 13.0 Å². The molecule has 0 radical (unpaired) electrons. The third-order valence-electron chi connectivity index (χ3n) is 5.95. The van der Waals surface area contributed by atoms with Crippen molar-refractivity contribution in [3.05, 3.63) is 70.0 Å². The second kappa shape index (κ2) is 9.48. The summed E-state index contributed by atoms with van der Waals surface area (Å²) in [6, 6.07) is 11.1. The van der Waals surface area contributed by atoms with Gasteiger partial charge in [-0.25, -0.2) is 9.37 Å². The number of methoxy groups -OCH3 is 1. The van der Waals surface area contributed by atoms with Gasteiger partial charge in [0.25, 0.3) is 11.5 Å². The van der Waals surface area contributed by atoms with Crippen LogP contribution in [-0.2, 0) is 13.0 Å². The predicted octanol–water partition coefficient (Wildman–Crippen LogP) is 2.56. The van der Waals surface area contributed by atoms with Crippen LogP contribution in [0.5, 0.6) is 5.75 Å². The van der Waals surface area contributed by atoms with Crippen molar-refractivity contribution in [3.8, 4) is 5.75 Å². The zero-order valence-corrected chi connectivity index (χ0v) is 18.4. The van der Waals surface area contributed by atoms with E-state index in [1.165, 1.54) is 24.3 Å². The van der Waals surface area contributed by atoms with Crippen molar-refractivity contribution >= 4 is 16.8 Å². The summed E-state index contributed by atoms with van der Waals surface area (Å²) in [6.45, 7) is 5.82. The molecule has 0 bridgehead atoms. The summed E-state index contributed by atoms with van der Waals surface area (Å²) in [4.78, 5) is 34.6. The number of aromatic nitrogens is 2. The summed E-state index contributed by atoms with van der Waals surface area (Å²) >= 11 is 0. The van der Waals surface area contributed by atoms with Gasteiger partial charge in [0.1, 0.15) is 22.8 Å². The Labute approximate surface area is 186 Å². The number of carbonyl (C=O) groups excluding carboxylic acids is 1. The Morgan fingerprint density at radius 3 is 2.44 bits per heavy atom. The molecule has 32 heavy (non-hydrogen) atoms. The maximum Gasteiger partial charge on any atom is 0.265 e. The minimum Gasteiger partial charge on any atom is -0.496 e. The van der Waals surface area contributed by atoms with Gasteiger partial charge in [-0.15, -0.1) is 0 Å². The van der Waals surface area contributed by atoms with E-state index in [-0.39, 0.29) is 17.3 Å². The maximum atomic E-state index is 13.2. The van der Waals surface area contributed by atoms with Crippen LogP contribution in [0.3, 0.4) is 0 Å². The Morgan fingerprint density at radius 2 is 1.78 bits per heavy atom. The molecule has 1 fully saturated rings. The lowest BCUT2D eigenvalue weighted by Gasteiger charge is -2.35. The highest BCUT2D eigenvalue weighted by atomic mass is 19.1. The summed E-state index contributed by atoms with van der Waals surface area (Å²) in [5.74, 6) is 0.846. The standard InChI is InChI=1S/C24H27FN4O3/c1-3-21-26-19-5-4-6-20(32-2)22(19)24(31)29(21)16-13-27-11-14-28(15-12-27)23(30)17-7-9-18(25)10-8-17/h4-10H,3,11-16H2,1-2H3. The van der Waals surface area contributed by atoms with E-state index < -0.39 is 0 Å². The van der Waals surface area contributed by atoms with Crippen LogP contribution in [0.2, 0.25) is 0 Å². The summed E-state index contributed by atoms with van der Waals surface area (Å²) < 4.78 is 20.2. The SMILES string of the molecule is CCc1nc2cccc(OC)c2c(=O)n1CCN1CCN(C(=O)c2ccc(F)cc2)CC1. The zero-order chi connectivity index (χ0) is 22.7. The van der Waals surface area contributed by atoms with E-state index >= 15 is 0 Å². The Hall–Kier alpha value is -3.26. The second-order valence-electron chi connectivity index (χ2n) is 7.83. The lowest BCUT2D eigenvalue weighted by atomic mass is 10.1. The minimum absolute atomic E-state index is 0.0834. The van der Waals surface area contributed by atoms with Crippen LogP contribution in [0.25, 0.3) is 10.9 Å². The van der Waals surface area contributed by atoms with E-state index in [1.54, 1.807) is 22.6 Å². The Bertz CT molecular complexity index is 1170. The molecule has 0 saturated carbocycles. The Kier molecular flexibility index (Phi) is 6.50. The van der Waals surface area contributed by atoms with E-state index in [4.69, 9.17) is 4.74 Å². The number of rotatable bonds is 6. The number of carbonyl (C=O) groups is 1. The van der Waals surface area contributed by atoms with Crippen molar-refractivity contribution < 1.29 is 13.9 Å². The molecule has 0 N–H and O–H groups in total. The molecule has 1 aliphatic rings. The molecule has 0 unspecified atom stereocenters. The summed E-state index contributed by atoms with van der Waals surface area (Å²) in [6.07, 6.45) is 0.655. The number of amides is 1. The molecule has 3 aromatic rings. The van der Waals surface area contributed by atoms with Gasteiger partial charge < -0.3 is 9.64 Å². The largest absolute Gasteiger partial charge is 0.496 e. The second-order valence-corrected chi connectivity index (χ2v) is 7.83.